The Hall–Kier alpha value is -1.12. The van der Waals surface area contributed by atoms with Crippen molar-refractivity contribution >= 4 is 5.78 Å². The van der Waals surface area contributed by atoms with E-state index in [2.05, 4.69) is 4.98 Å². The molecular formula is C6H8N2O. The number of imidazole rings is 1. The van der Waals surface area contributed by atoms with Crippen LogP contribution in [0.25, 0.3) is 0 Å². The molecule has 0 aromatic carbocycles. The van der Waals surface area contributed by atoms with Crippen LogP contribution >= 0.6 is 0 Å². The Labute approximate surface area is 54.7 Å². The first-order valence-electron chi connectivity index (χ1n) is 3.26. The molecule has 9 heavy (non-hydrogen) atoms. The van der Waals surface area contributed by atoms with E-state index in [-0.39, 0.29) is 12.8 Å². The third-order valence-electron chi connectivity index (χ3n) is 1.07. The molecule has 0 bridgehead atoms. The maximum atomic E-state index is 10.7. The van der Waals surface area contributed by atoms with Crippen LogP contribution < -0.4 is 0 Å². The molecule has 0 aliphatic carbocycles. The summed E-state index contributed by atoms with van der Waals surface area (Å²) in [5.74, 6) is -0.0512. The number of Topliss-reactive ketones (excluding diaryl/α,β-unsaturated/α-hetero) is 1. The number of rotatable bonds is 1. The van der Waals surface area contributed by atoms with Gasteiger partial charge in [0.05, 0.1) is 12.5 Å². The highest BCUT2D eigenvalue weighted by Crippen LogP contribution is 1.95. The number of aromatic nitrogens is 2. The number of hydrogen-bond donors (Lipinski definition) is 0. The number of ketones is 1. The normalized spacial score (nSPS) is 11.0. The van der Waals surface area contributed by atoms with E-state index < -0.39 is 0 Å². The van der Waals surface area contributed by atoms with E-state index in [1.54, 1.807) is 0 Å². The smallest absolute Gasteiger partial charge is 0.177 e. The zero-order valence-corrected chi connectivity index (χ0v) is 5.16. The molecule has 0 N–H and O–H groups in total. The predicted octanol–water partition coefficient (Wildman–Crippen LogP) is 0.623. The van der Waals surface area contributed by atoms with Crippen molar-refractivity contribution < 1.29 is 6.17 Å². The van der Waals surface area contributed by atoms with E-state index in [0.717, 1.165) is 0 Å². The number of nitrogens with zero attached hydrogens (tertiary/aromatic N) is 2. The van der Waals surface area contributed by atoms with Gasteiger partial charge in [-0.05, 0) is 0 Å². The van der Waals surface area contributed by atoms with E-state index >= 15 is 0 Å². The second-order valence-electron chi connectivity index (χ2n) is 1.80. The molecular weight excluding hydrogens is 116 g/mol. The fraction of sp³-hybridized carbons (Fsp3) is 0.333. The summed E-state index contributed by atoms with van der Waals surface area (Å²) in [4.78, 5) is 14.5. The van der Waals surface area contributed by atoms with E-state index in [1.807, 2.05) is 0 Å². The second kappa shape index (κ2) is 2.01. The number of carbonyl (C=O) groups is 1. The van der Waals surface area contributed by atoms with Crippen molar-refractivity contribution in [1.29, 1.82) is 0 Å². The summed E-state index contributed by atoms with van der Waals surface area (Å²) in [5.41, 5.74) is 0.495. The lowest BCUT2D eigenvalue weighted by Crippen LogP contribution is -1.99. The number of aryl methyl sites for hydroxylation is 1. The Morgan fingerprint density at radius 2 is 2.78 bits per heavy atom. The van der Waals surface area contributed by atoms with E-state index in [9.17, 15) is 4.79 Å². The van der Waals surface area contributed by atoms with Gasteiger partial charge in [-0.1, -0.05) is 0 Å². The van der Waals surface area contributed by atoms with E-state index in [1.165, 1.54) is 24.0 Å². The molecule has 3 nitrogen and oxygen atoms in total. The molecule has 0 saturated carbocycles. The van der Waals surface area contributed by atoms with Gasteiger partial charge in [0.15, 0.2) is 5.78 Å². The fourth-order valence-corrected chi connectivity index (χ4v) is 0.614. The fourth-order valence-electron chi connectivity index (χ4n) is 0.614. The lowest BCUT2D eigenvalue weighted by atomic mass is 10.3. The molecule has 0 atom stereocenters. The second-order valence-corrected chi connectivity index (χ2v) is 1.80. The highest BCUT2D eigenvalue weighted by molar-refractivity contribution is 5.92. The maximum Gasteiger partial charge on any atom is 0.177 e. The minimum Gasteiger partial charge on any atom is -0.331 e. The highest BCUT2D eigenvalue weighted by Gasteiger charge is 2.00. The molecule has 0 unspecified atom stereocenters. The van der Waals surface area contributed by atoms with Gasteiger partial charge in [-0.15, -0.1) is 0 Å². The zero-order valence-electron chi connectivity index (χ0n) is 6.16. The molecule has 48 valence electrons. The Balaban J connectivity index is 3.01. The number of carbonyl (C=O) groups excluding carboxylic acids is 1. The summed E-state index contributed by atoms with van der Waals surface area (Å²) in [6, 6.07) is 0. The molecule has 1 heterocycles. The first-order valence-corrected chi connectivity index (χ1v) is 2.56. The van der Waals surface area contributed by atoms with Gasteiger partial charge in [0.2, 0.25) is 0 Å². The molecule has 1 rings (SSSR count). The van der Waals surface area contributed by atoms with Crippen molar-refractivity contribution in [3.63, 3.8) is 0 Å². The third kappa shape index (κ3) is 0.988. The lowest BCUT2D eigenvalue weighted by Gasteiger charge is -1.92. The predicted molar refractivity (Wildman–Crippen MR) is 33.2 cm³/mol. The third-order valence-corrected chi connectivity index (χ3v) is 1.07. The molecule has 0 aliphatic rings. The van der Waals surface area contributed by atoms with E-state index in [0.29, 0.717) is 5.69 Å². The minimum atomic E-state index is -0.0512. The van der Waals surface area contributed by atoms with Gasteiger partial charge in [-0.3, -0.25) is 4.79 Å². The van der Waals surface area contributed by atoms with Crippen LogP contribution in [0.1, 0.15) is 18.8 Å². The van der Waals surface area contributed by atoms with Crippen molar-refractivity contribution in [1.82, 2.24) is 9.55 Å². The molecule has 3 heteroatoms. The van der Waals surface area contributed by atoms with Crippen LogP contribution in [0.15, 0.2) is 12.5 Å². The van der Waals surface area contributed by atoms with Gasteiger partial charge in [-0.2, -0.15) is 0 Å². The zero-order chi connectivity index (χ0) is 7.56. The van der Waals surface area contributed by atoms with Crippen molar-refractivity contribution in [3.05, 3.63) is 18.2 Å². The maximum absolute atomic E-state index is 10.7. The van der Waals surface area contributed by atoms with Gasteiger partial charge >= 0.3 is 0 Å². The molecule has 0 saturated heterocycles. The lowest BCUT2D eigenvalue weighted by molar-refractivity contribution is 0.101. The molecule has 0 fully saturated rings. The monoisotopic (exact) mass is 125 g/mol. The molecule has 0 aliphatic heterocycles. The van der Waals surface area contributed by atoms with Gasteiger partial charge in [0.1, 0.15) is 5.69 Å². The van der Waals surface area contributed by atoms with Crippen LogP contribution in [0, 0.1) is 0 Å². The van der Waals surface area contributed by atoms with Crippen LogP contribution in [-0.4, -0.2) is 15.3 Å². The summed E-state index contributed by atoms with van der Waals surface area (Å²) < 4.78 is 8.45. The summed E-state index contributed by atoms with van der Waals surface area (Å²) in [6.07, 6.45) is 2.95. The Bertz CT molecular complexity index is 244. The van der Waals surface area contributed by atoms with Crippen molar-refractivity contribution in [2.45, 2.75) is 6.92 Å². The van der Waals surface area contributed by atoms with Gasteiger partial charge in [0.25, 0.3) is 0 Å². The average molecular weight is 125 g/mol. The Morgan fingerprint density at radius 3 is 3.22 bits per heavy atom. The first kappa shape index (κ1) is 4.73. The van der Waals surface area contributed by atoms with Crippen LogP contribution in [-0.2, 0) is 7.02 Å². The Kier molecular flexibility index (Phi) is 1.06. The molecule has 0 radical (unpaired) electrons. The Morgan fingerprint density at radius 1 is 2.00 bits per heavy atom. The quantitative estimate of drug-likeness (QED) is 0.516. The molecule has 1 aromatic heterocycles. The highest BCUT2D eigenvalue weighted by atomic mass is 16.1. The minimum absolute atomic E-state index is 0.0505. The molecule has 0 amide bonds. The van der Waals surface area contributed by atoms with Gasteiger partial charge in [-0.25, -0.2) is 4.98 Å². The SMILES string of the molecule is [2H]Cn1cncc1C(C)=O. The van der Waals surface area contributed by atoms with E-state index in [4.69, 9.17) is 1.37 Å². The van der Waals surface area contributed by atoms with Crippen molar-refractivity contribution in [2.75, 3.05) is 0 Å². The van der Waals surface area contributed by atoms with Gasteiger partial charge < -0.3 is 4.57 Å². The summed E-state index contributed by atoms with van der Waals surface area (Å²) >= 11 is 0. The van der Waals surface area contributed by atoms with Crippen molar-refractivity contribution in [3.8, 4) is 0 Å². The summed E-state index contributed by atoms with van der Waals surface area (Å²) in [6.45, 7) is 1.46. The molecule has 1 aromatic rings. The van der Waals surface area contributed by atoms with Crippen molar-refractivity contribution in [2.24, 2.45) is 7.02 Å². The standard InChI is InChI=1S/C6H8N2O/c1-5(9)6-3-7-4-8(6)2/h3-4H,1-2H3/i2D. The van der Waals surface area contributed by atoms with Crippen LogP contribution in [0.2, 0.25) is 0 Å². The first-order chi connectivity index (χ1) is 4.75. The van der Waals surface area contributed by atoms with Crippen LogP contribution in [0.4, 0.5) is 0 Å². The summed E-state index contributed by atoms with van der Waals surface area (Å²) in [5, 5.41) is 0. The largest absolute Gasteiger partial charge is 0.331 e. The number of hydrogen-bond acceptors (Lipinski definition) is 2. The average Bonchev–Trinajstić information content (AvgIpc) is 2.33. The van der Waals surface area contributed by atoms with Crippen LogP contribution in [0.5, 0.6) is 0 Å². The topological polar surface area (TPSA) is 34.9 Å². The van der Waals surface area contributed by atoms with Crippen LogP contribution in [0.3, 0.4) is 0 Å². The molecule has 0 spiro atoms. The van der Waals surface area contributed by atoms with Gasteiger partial charge in [0, 0.05) is 15.3 Å². The summed E-state index contributed by atoms with van der Waals surface area (Å²) in [7, 11) is 0.0505.